The van der Waals surface area contributed by atoms with E-state index >= 15 is 0 Å². The monoisotopic (exact) mass is 431 g/mol. The molecule has 6 nitrogen and oxygen atoms in total. The molecule has 2 heterocycles. The highest BCUT2D eigenvalue weighted by molar-refractivity contribution is 5.95. The van der Waals surface area contributed by atoms with Crippen LogP contribution < -0.4 is 0 Å². The standard InChI is InChI=1S/C25H26FN5O/c1-18-23(17-27-31(18)22-13-11-20(26)12-14-22)25(32)29(2)15-7-10-21-16-24(30(3)28-21)19-8-5-4-6-9-19/h4-6,8-9,11-14,16-17H,7,10,15H2,1-3H3. The fourth-order valence-electron chi connectivity index (χ4n) is 3.79. The molecule has 2 aromatic carbocycles. The van der Waals surface area contributed by atoms with Crippen molar-refractivity contribution in [2.75, 3.05) is 13.6 Å². The normalized spacial score (nSPS) is 11.0. The van der Waals surface area contributed by atoms with E-state index in [1.807, 2.05) is 36.9 Å². The van der Waals surface area contributed by atoms with Crippen molar-refractivity contribution in [2.24, 2.45) is 7.05 Å². The Hall–Kier alpha value is -3.74. The molecule has 0 saturated heterocycles. The molecular formula is C25H26FN5O. The van der Waals surface area contributed by atoms with Crippen molar-refractivity contribution in [3.8, 4) is 16.9 Å². The molecule has 0 bridgehead atoms. The Bertz CT molecular complexity index is 1210. The summed E-state index contributed by atoms with van der Waals surface area (Å²) in [5, 5.41) is 8.94. The quantitative estimate of drug-likeness (QED) is 0.435. The molecule has 0 N–H and O–H groups in total. The fraction of sp³-hybridized carbons (Fsp3) is 0.240. The lowest BCUT2D eigenvalue weighted by Gasteiger charge is -2.16. The molecule has 2 aromatic heterocycles. The number of hydrogen-bond acceptors (Lipinski definition) is 3. The molecule has 32 heavy (non-hydrogen) atoms. The average Bonchev–Trinajstić information content (AvgIpc) is 3.36. The smallest absolute Gasteiger partial charge is 0.257 e. The average molecular weight is 432 g/mol. The summed E-state index contributed by atoms with van der Waals surface area (Å²) < 4.78 is 16.7. The highest BCUT2D eigenvalue weighted by Crippen LogP contribution is 2.20. The van der Waals surface area contributed by atoms with Gasteiger partial charge < -0.3 is 4.90 Å². The van der Waals surface area contributed by atoms with Crippen LogP contribution in [0.25, 0.3) is 16.9 Å². The first-order valence-corrected chi connectivity index (χ1v) is 10.6. The number of halogens is 1. The number of carbonyl (C=O) groups excluding carboxylic acids is 1. The number of aromatic nitrogens is 4. The number of aryl methyl sites for hydroxylation is 2. The van der Waals surface area contributed by atoms with Gasteiger partial charge in [0.05, 0.1) is 34.5 Å². The SMILES string of the molecule is Cc1c(C(=O)N(C)CCCc2cc(-c3ccccc3)n(C)n2)cnn1-c1ccc(F)cc1. The van der Waals surface area contributed by atoms with Gasteiger partial charge in [-0.25, -0.2) is 9.07 Å². The minimum absolute atomic E-state index is 0.0816. The van der Waals surface area contributed by atoms with Gasteiger partial charge in [0.15, 0.2) is 0 Å². The van der Waals surface area contributed by atoms with Gasteiger partial charge in [-0.2, -0.15) is 10.2 Å². The summed E-state index contributed by atoms with van der Waals surface area (Å²) in [7, 11) is 3.74. The largest absolute Gasteiger partial charge is 0.342 e. The molecular weight excluding hydrogens is 405 g/mol. The second-order valence-electron chi connectivity index (χ2n) is 7.87. The number of carbonyl (C=O) groups is 1. The summed E-state index contributed by atoms with van der Waals surface area (Å²) >= 11 is 0. The molecule has 0 fully saturated rings. The molecule has 0 spiro atoms. The number of nitrogens with zero attached hydrogens (tertiary/aromatic N) is 5. The first kappa shape index (κ1) is 21.5. The van der Waals surface area contributed by atoms with Crippen LogP contribution in [0.15, 0.2) is 66.9 Å². The van der Waals surface area contributed by atoms with Gasteiger partial charge in [-0.05, 0) is 55.7 Å². The van der Waals surface area contributed by atoms with E-state index in [0.717, 1.165) is 41.2 Å². The van der Waals surface area contributed by atoms with Crippen molar-refractivity contribution in [1.29, 1.82) is 0 Å². The van der Waals surface area contributed by atoms with Gasteiger partial charge in [0.1, 0.15) is 5.82 Å². The molecule has 0 radical (unpaired) electrons. The lowest BCUT2D eigenvalue weighted by Crippen LogP contribution is -2.28. The third kappa shape index (κ3) is 4.46. The topological polar surface area (TPSA) is 56.0 Å². The van der Waals surface area contributed by atoms with Crippen LogP contribution in [-0.4, -0.2) is 44.0 Å². The van der Waals surface area contributed by atoms with Crippen molar-refractivity contribution in [3.63, 3.8) is 0 Å². The molecule has 0 aliphatic heterocycles. The predicted octanol–water partition coefficient (Wildman–Crippen LogP) is 4.43. The van der Waals surface area contributed by atoms with Crippen LogP contribution >= 0.6 is 0 Å². The summed E-state index contributed by atoms with van der Waals surface area (Å²) in [5.41, 5.74) is 5.21. The zero-order valence-corrected chi connectivity index (χ0v) is 18.5. The van der Waals surface area contributed by atoms with Crippen LogP contribution in [-0.2, 0) is 13.5 Å². The van der Waals surface area contributed by atoms with E-state index in [0.29, 0.717) is 12.1 Å². The Morgan fingerprint density at radius 3 is 2.53 bits per heavy atom. The third-order valence-electron chi connectivity index (χ3n) is 5.58. The summed E-state index contributed by atoms with van der Waals surface area (Å²) in [6.45, 7) is 2.45. The summed E-state index contributed by atoms with van der Waals surface area (Å²) in [6.07, 6.45) is 3.16. The van der Waals surface area contributed by atoms with Crippen molar-refractivity contribution >= 4 is 5.91 Å². The molecule has 0 saturated carbocycles. The van der Waals surface area contributed by atoms with Crippen molar-refractivity contribution in [1.82, 2.24) is 24.5 Å². The van der Waals surface area contributed by atoms with Crippen molar-refractivity contribution in [3.05, 3.63) is 89.6 Å². The maximum absolute atomic E-state index is 13.2. The number of rotatable bonds is 7. The van der Waals surface area contributed by atoms with Gasteiger partial charge >= 0.3 is 0 Å². The molecule has 0 aliphatic rings. The van der Waals surface area contributed by atoms with Crippen LogP contribution in [0.3, 0.4) is 0 Å². The van der Waals surface area contributed by atoms with E-state index in [1.165, 1.54) is 12.1 Å². The van der Waals surface area contributed by atoms with E-state index in [-0.39, 0.29) is 11.7 Å². The van der Waals surface area contributed by atoms with Crippen molar-refractivity contribution < 1.29 is 9.18 Å². The number of benzene rings is 2. The maximum atomic E-state index is 13.2. The molecule has 0 atom stereocenters. The van der Waals surface area contributed by atoms with Gasteiger partial charge in [0, 0.05) is 20.6 Å². The van der Waals surface area contributed by atoms with E-state index in [4.69, 9.17) is 0 Å². The van der Waals surface area contributed by atoms with E-state index in [9.17, 15) is 9.18 Å². The lowest BCUT2D eigenvalue weighted by molar-refractivity contribution is 0.0792. The minimum atomic E-state index is -0.307. The van der Waals surface area contributed by atoms with E-state index in [2.05, 4.69) is 28.4 Å². The van der Waals surface area contributed by atoms with Crippen LogP contribution in [0.2, 0.25) is 0 Å². The molecule has 4 rings (SSSR count). The highest BCUT2D eigenvalue weighted by Gasteiger charge is 2.19. The zero-order valence-electron chi connectivity index (χ0n) is 18.5. The maximum Gasteiger partial charge on any atom is 0.257 e. The van der Waals surface area contributed by atoms with Gasteiger partial charge in [0.25, 0.3) is 5.91 Å². The highest BCUT2D eigenvalue weighted by atomic mass is 19.1. The lowest BCUT2D eigenvalue weighted by atomic mass is 10.1. The van der Waals surface area contributed by atoms with Crippen LogP contribution in [0.1, 0.15) is 28.2 Å². The van der Waals surface area contributed by atoms with E-state index < -0.39 is 0 Å². The van der Waals surface area contributed by atoms with Crippen LogP contribution in [0.5, 0.6) is 0 Å². The zero-order chi connectivity index (χ0) is 22.7. The third-order valence-corrected chi connectivity index (χ3v) is 5.58. The minimum Gasteiger partial charge on any atom is -0.342 e. The Balaban J connectivity index is 1.37. The first-order chi connectivity index (χ1) is 15.4. The second kappa shape index (κ2) is 9.18. The van der Waals surface area contributed by atoms with E-state index in [1.54, 1.807) is 35.0 Å². The van der Waals surface area contributed by atoms with Crippen molar-refractivity contribution in [2.45, 2.75) is 19.8 Å². The Morgan fingerprint density at radius 2 is 1.81 bits per heavy atom. The van der Waals surface area contributed by atoms with Gasteiger partial charge in [0.2, 0.25) is 0 Å². The van der Waals surface area contributed by atoms with Gasteiger partial charge in [-0.15, -0.1) is 0 Å². The van der Waals surface area contributed by atoms with Crippen LogP contribution in [0.4, 0.5) is 4.39 Å². The van der Waals surface area contributed by atoms with Gasteiger partial charge in [-0.1, -0.05) is 30.3 Å². The Kier molecular flexibility index (Phi) is 6.16. The second-order valence-corrected chi connectivity index (χ2v) is 7.87. The predicted molar refractivity (Wildman–Crippen MR) is 122 cm³/mol. The number of hydrogen-bond donors (Lipinski definition) is 0. The Morgan fingerprint density at radius 1 is 1.09 bits per heavy atom. The summed E-state index contributed by atoms with van der Waals surface area (Å²) in [5.74, 6) is -0.389. The first-order valence-electron chi connectivity index (χ1n) is 10.6. The molecule has 7 heteroatoms. The fourth-order valence-corrected chi connectivity index (χ4v) is 3.79. The Labute approximate surface area is 186 Å². The molecule has 0 aliphatic carbocycles. The molecule has 164 valence electrons. The summed E-state index contributed by atoms with van der Waals surface area (Å²) in [6, 6.07) is 18.3. The van der Waals surface area contributed by atoms with Gasteiger partial charge in [-0.3, -0.25) is 9.48 Å². The summed E-state index contributed by atoms with van der Waals surface area (Å²) in [4.78, 5) is 14.7. The molecule has 4 aromatic rings. The molecule has 1 amide bonds. The van der Waals surface area contributed by atoms with Crippen LogP contribution in [0, 0.1) is 12.7 Å². The molecule has 0 unspecified atom stereocenters. The number of amides is 1.